The number of hydrogen-bond donors (Lipinski definition) is 1. The minimum Gasteiger partial charge on any atom is -0.390 e. The summed E-state index contributed by atoms with van der Waals surface area (Å²) in [6.07, 6.45) is 0.644. The molecule has 0 radical (unpaired) electrons. The fourth-order valence-corrected chi connectivity index (χ4v) is 4.14. The molecule has 0 bridgehead atoms. The zero-order chi connectivity index (χ0) is 20.4. The molecule has 4 nitrogen and oxygen atoms in total. The van der Waals surface area contributed by atoms with Gasteiger partial charge in [-0.15, -0.1) is 0 Å². The first kappa shape index (κ1) is 19.9. The number of rotatable bonds is 5. The van der Waals surface area contributed by atoms with E-state index in [-0.39, 0.29) is 0 Å². The Morgan fingerprint density at radius 1 is 0.966 bits per heavy atom. The van der Waals surface area contributed by atoms with E-state index in [0.29, 0.717) is 6.42 Å². The average Bonchev–Trinajstić information content (AvgIpc) is 2.72. The van der Waals surface area contributed by atoms with Gasteiger partial charge < -0.3 is 14.9 Å². The van der Waals surface area contributed by atoms with Crippen molar-refractivity contribution in [1.82, 2.24) is 9.88 Å². The van der Waals surface area contributed by atoms with E-state index < -0.39 is 5.60 Å². The molecule has 2 heterocycles. The maximum absolute atomic E-state index is 10.1. The van der Waals surface area contributed by atoms with E-state index in [4.69, 9.17) is 4.98 Å². The Morgan fingerprint density at radius 3 is 2.31 bits per heavy atom. The van der Waals surface area contributed by atoms with Crippen molar-refractivity contribution in [2.75, 3.05) is 37.6 Å². The molecule has 0 aliphatic carbocycles. The highest BCUT2D eigenvalue weighted by Gasteiger charge is 2.20. The van der Waals surface area contributed by atoms with E-state index in [1.807, 2.05) is 13.8 Å². The summed E-state index contributed by atoms with van der Waals surface area (Å²) in [4.78, 5) is 10.0. The first-order chi connectivity index (χ1) is 13.9. The Hall–Kier alpha value is -2.43. The summed E-state index contributed by atoms with van der Waals surface area (Å²) in [6.45, 7) is 11.2. The van der Waals surface area contributed by atoms with Crippen molar-refractivity contribution >= 4 is 16.6 Å². The van der Waals surface area contributed by atoms with Crippen molar-refractivity contribution in [2.45, 2.75) is 32.8 Å². The smallest absolute Gasteiger partial charge is 0.137 e. The van der Waals surface area contributed by atoms with Gasteiger partial charge in [-0.05, 0) is 37.4 Å². The summed E-state index contributed by atoms with van der Waals surface area (Å²) < 4.78 is 0. The molecule has 0 saturated carbocycles. The van der Waals surface area contributed by atoms with E-state index >= 15 is 0 Å². The van der Waals surface area contributed by atoms with Crippen LogP contribution in [0.15, 0.2) is 54.6 Å². The Kier molecular flexibility index (Phi) is 5.57. The van der Waals surface area contributed by atoms with Gasteiger partial charge in [-0.1, -0.05) is 55.5 Å². The Morgan fingerprint density at radius 2 is 1.66 bits per heavy atom. The summed E-state index contributed by atoms with van der Waals surface area (Å²) in [5.74, 6) is 1.09. The Balaban J connectivity index is 1.69. The number of anilines is 1. The molecule has 0 unspecified atom stereocenters. The molecule has 29 heavy (non-hydrogen) atoms. The number of aromatic nitrogens is 1. The van der Waals surface area contributed by atoms with Crippen molar-refractivity contribution < 1.29 is 5.11 Å². The summed E-state index contributed by atoms with van der Waals surface area (Å²) in [5, 5.41) is 12.5. The van der Waals surface area contributed by atoms with Crippen LogP contribution in [0.4, 0.5) is 5.82 Å². The number of likely N-dealkylation sites (N-methyl/N-ethyl adjacent to an activating group) is 1. The largest absolute Gasteiger partial charge is 0.390 e. The van der Waals surface area contributed by atoms with Crippen LogP contribution in [0.3, 0.4) is 0 Å². The van der Waals surface area contributed by atoms with Crippen molar-refractivity contribution in [3.63, 3.8) is 0 Å². The summed E-state index contributed by atoms with van der Waals surface area (Å²) in [6, 6.07) is 19.2. The maximum atomic E-state index is 10.1. The molecule has 3 aromatic rings. The number of piperazine rings is 1. The van der Waals surface area contributed by atoms with Crippen molar-refractivity contribution in [1.29, 1.82) is 0 Å². The van der Waals surface area contributed by atoms with Crippen molar-refractivity contribution in [3.05, 3.63) is 60.2 Å². The summed E-state index contributed by atoms with van der Waals surface area (Å²) in [5.41, 5.74) is 2.56. The molecule has 4 rings (SSSR count). The maximum Gasteiger partial charge on any atom is 0.137 e. The summed E-state index contributed by atoms with van der Waals surface area (Å²) >= 11 is 0. The lowest BCUT2D eigenvalue weighted by Crippen LogP contribution is -2.46. The molecule has 1 fully saturated rings. The molecule has 152 valence electrons. The standard InChI is InChI=1S/C25H31N3O/c1-4-27-13-15-28(16-14-27)24-22-8-6-5-7-21(22)17-23(26-24)20-11-9-19(10-12-20)18-25(2,3)29/h5-12,17,29H,4,13-16,18H2,1-3H3. The zero-order valence-electron chi connectivity index (χ0n) is 17.7. The quantitative estimate of drug-likeness (QED) is 0.704. The van der Waals surface area contributed by atoms with Gasteiger partial charge in [-0.25, -0.2) is 4.98 Å². The molecular weight excluding hydrogens is 358 g/mol. The number of nitrogens with zero attached hydrogens (tertiary/aromatic N) is 3. The van der Waals surface area contributed by atoms with Gasteiger partial charge >= 0.3 is 0 Å². The fourth-order valence-electron chi connectivity index (χ4n) is 4.14. The predicted octanol–water partition coefficient (Wildman–Crippen LogP) is 4.36. The second-order valence-corrected chi connectivity index (χ2v) is 8.66. The van der Waals surface area contributed by atoms with E-state index in [1.165, 1.54) is 10.8 Å². The van der Waals surface area contributed by atoms with Crippen LogP contribution in [0.25, 0.3) is 22.0 Å². The van der Waals surface area contributed by atoms with Crippen LogP contribution in [0, 0.1) is 0 Å². The normalized spacial score (nSPS) is 15.8. The fraction of sp³-hybridized carbons (Fsp3) is 0.400. The summed E-state index contributed by atoms with van der Waals surface area (Å²) in [7, 11) is 0. The molecule has 1 aliphatic rings. The molecule has 2 aromatic carbocycles. The number of hydrogen-bond acceptors (Lipinski definition) is 4. The van der Waals surface area contributed by atoms with Crippen LogP contribution in [0.5, 0.6) is 0 Å². The second kappa shape index (κ2) is 8.13. The van der Waals surface area contributed by atoms with Crippen LogP contribution in [-0.4, -0.2) is 53.3 Å². The highest BCUT2D eigenvalue weighted by Crippen LogP contribution is 2.31. The SMILES string of the molecule is CCN1CCN(c2nc(-c3ccc(CC(C)(C)O)cc3)cc3ccccc23)CC1. The first-order valence-corrected chi connectivity index (χ1v) is 10.6. The third-order valence-electron chi connectivity index (χ3n) is 5.73. The third kappa shape index (κ3) is 4.60. The van der Waals surface area contributed by atoms with Gasteiger partial charge in [0.05, 0.1) is 11.3 Å². The Labute approximate surface area is 173 Å². The van der Waals surface area contributed by atoms with E-state index in [1.54, 1.807) is 0 Å². The van der Waals surface area contributed by atoms with Crippen LogP contribution in [0.1, 0.15) is 26.3 Å². The van der Waals surface area contributed by atoms with Gasteiger partial charge in [-0.2, -0.15) is 0 Å². The highest BCUT2D eigenvalue weighted by atomic mass is 16.3. The minimum absolute atomic E-state index is 0.644. The molecule has 1 saturated heterocycles. The molecule has 1 aliphatic heterocycles. The molecule has 0 atom stereocenters. The lowest BCUT2D eigenvalue weighted by molar-refractivity contribution is 0.0810. The number of fused-ring (bicyclic) bond motifs is 1. The van der Waals surface area contributed by atoms with Crippen LogP contribution >= 0.6 is 0 Å². The van der Waals surface area contributed by atoms with Crippen molar-refractivity contribution in [3.8, 4) is 11.3 Å². The topological polar surface area (TPSA) is 39.6 Å². The molecule has 1 N–H and O–H groups in total. The van der Waals surface area contributed by atoms with Gasteiger partial charge in [0.15, 0.2) is 0 Å². The van der Waals surface area contributed by atoms with E-state index in [0.717, 1.165) is 55.4 Å². The number of aliphatic hydroxyl groups is 1. The van der Waals surface area contributed by atoms with Crippen LogP contribution in [-0.2, 0) is 6.42 Å². The molecular formula is C25H31N3O. The Bertz CT molecular complexity index is 968. The van der Waals surface area contributed by atoms with Crippen LogP contribution in [0.2, 0.25) is 0 Å². The lowest BCUT2D eigenvalue weighted by Gasteiger charge is -2.35. The molecule has 4 heteroatoms. The van der Waals surface area contributed by atoms with Crippen LogP contribution < -0.4 is 4.90 Å². The molecule has 0 spiro atoms. The van der Waals surface area contributed by atoms with E-state index in [9.17, 15) is 5.11 Å². The number of benzene rings is 2. The molecule has 0 amide bonds. The monoisotopic (exact) mass is 389 g/mol. The zero-order valence-corrected chi connectivity index (χ0v) is 17.7. The highest BCUT2D eigenvalue weighted by molar-refractivity contribution is 5.95. The number of pyridine rings is 1. The average molecular weight is 390 g/mol. The third-order valence-corrected chi connectivity index (χ3v) is 5.73. The van der Waals surface area contributed by atoms with E-state index in [2.05, 4.69) is 71.3 Å². The predicted molar refractivity (Wildman–Crippen MR) is 122 cm³/mol. The lowest BCUT2D eigenvalue weighted by atomic mass is 9.97. The van der Waals surface area contributed by atoms with Gasteiger partial charge in [-0.3, -0.25) is 0 Å². The van der Waals surface area contributed by atoms with Crippen molar-refractivity contribution in [2.24, 2.45) is 0 Å². The second-order valence-electron chi connectivity index (χ2n) is 8.66. The minimum atomic E-state index is -0.698. The molecule has 1 aromatic heterocycles. The van der Waals surface area contributed by atoms with Gasteiger partial charge in [0, 0.05) is 43.5 Å². The van der Waals surface area contributed by atoms with Gasteiger partial charge in [0.25, 0.3) is 0 Å². The van der Waals surface area contributed by atoms with Gasteiger partial charge in [0.2, 0.25) is 0 Å². The first-order valence-electron chi connectivity index (χ1n) is 10.6. The van der Waals surface area contributed by atoms with Gasteiger partial charge in [0.1, 0.15) is 5.82 Å².